The van der Waals surface area contributed by atoms with Gasteiger partial charge in [-0.25, -0.2) is 4.39 Å². The van der Waals surface area contributed by atoms with Gasteiger partial charge < -0.3 is 9.84 Å². The Hall–Kier alpha value is -0.150. The predicted molar refractivity (Wildman–Crippen MR) is 45.0 cm³/mol. The summed E-state index contributed by atoms with van der Waals surface area (Å²) in [4.78, 5) is 0. The smallest absolute Gasteiger partial charge is 0.157 e. The second-order valence-corrected chi connectivity index (χ2v) is 5.23. The number of rotatable bonds is 0. The highest BCUT2D eigenvalue weighted by molar-refractivity contribution is 5.24. The number of hydrogen-bond donors (Lipinski definition) is 1. The molecule has 3 fully saturated rings. The SMILES string of the molecule is C[C@@H]1O[C@@H]2[C@@]3(C)C[C@H]3C[C@]2(O)[C@H]1F. The molecule has 1 aliphatic heterocycles. The standard InChI is InChI=1S/C10H15FO2/c1-5-7(11)10(12)4-6-3-9(6,2)8(10)13-5/h5-8,12H,3-4H2,1-2H3/t5-,6-,7-,8+,9-,10-/m0/s1. The monoisotopic (exact) mass is 186 g/mol. The van der Waals surface area contributed by atoms with Gasteiger partial charge >= 0.3 is 0 Å². The predicted octanol–water partition coefficient (Wildman–Crippen LogP) is 1.27. The minimum absolute atomic E-state index is 0.0733. The summed E-state index contributed by atoms with van der Waals surface area (Å²) in [6.45, 7) is 3.81. The Balaban J connectivity index is 1.99. The lowest BCUT2D eigenvalue weighted by atomic mass is 9.88. The Morgan fingerprint density at radius 3 is 2.77 bits per heavy atom. The molecule has 3 aliphatic rings. The van der Waals surface area contributed by atoms with Gasteiger partial charge in [-0.2, -0.15) is 0 Å². The summed E-state index contributed by atoms with van der Waals surface area (Å²) in [6.07, 6.45) is -0.190. The van der Waals surface area contributed by atoms with Crippen LogP contribution in [0.25, 0.3) is 0 Å². The fraction of sp³-hybridized carbons (Fsp3) is 1.00. The van der Waals surface area contributed by atoms with Crippen LogP contribution in [-0.4, -0.2) is 29.1 Å². The Morgan fingerprint density at radius 2 is 2.15 bits per heavy atom. The van der Waals surface area contributed by atoms with Gasteiger partial charge in [0.2, 0.25) is 0 Å². The van der Waals surface area contributed by atoms with Crippen LogP contribution in [0.4, 0.5) is 4.39 Å². The highest BCUT2D eigenvalue weighted by Gasteiger charge is 2.75. The molecule has 0 aromatic rings. The Morgan fingerprint density at radius 1 is 1.46 bits per heavy atom. The molecule has 0 aromatic carbocycles. The minimum Gasteiger partial charge on any atom is -0.384 e. The summed E-state index contributed by atoms with van der Waals surface area (Å²) in [5.41, 5.74) is -1.10. The lowest BCUT2D eigenvalue weighted by Gasteiger charge is -2.27. The molecule has 0 spiro atoms. The summed E-state index contributed by atoms with van der Waals surface area (Å²) in [6, 6.07) is 0. The molecule has 0 unspecified atom stereocenters. The van der Waals surface area contributed by atoms with E-state index < -0.39 is 17.9 Å². The van der Waals surface area contributed by atoms with Crippen molar-refractivity contribution in [2.45, 2.75) is 50.7 Å². The molecule has 0 radical (unpaired) electrons. The molecule has 0 amide bonds. The molecule has 1 saturated heterocycles. The average molecular weight is 186 g/mol. The first-order valence-corrected chi connectivity index (χ1v) is 5.00. The van der Waals surface area contributed by atoms with Crippen LogP contribution in [0.15, 0.2) is 0 Å². The summed E-state index contributed by atoms with van der Waals surface area (Å²) in [7, 11) is 0. The second kappa shape index (κ2) is 1.94. The van der Waals surface area contributed by atoms with Crippen molar-refractivity contribution in [2.24, 2.45) is 11.3 Å². The first kappa shape index (κ1) is 8.18. The molecular formula is C10H15FO2. The van der Waals surface area contributed by atoms with Gasteiger partial charge in [-0.1, -0.05) is 6.92 Å². The highest BCUT2D eigenvalue weighted by Crippen LogP contribution is 2.70. The zero-order valence-electron chi connectivity index (χ0n) is 7.96. The van der Waals surface area contributed by atoms with Crippen LogP contribution in [0, 0.1) is 11.3 Å². The summed E-state index contributed by atoms with van der Waals surface area (Å²) >= 11 is 0. The molecule has 2 aliphatic carbocycles. The van der Waals surface area contributed by atoms with Gasteiger partial charge in [0.1, 0.15) is 5.60 Å². The van der Waals surface area contributed by atoms with Crippen molar-refractivity contribution in [1.82, 2.24) is 0 Å². The summed E-state index contributed by atoms with van der Waals surface area (Å²) < 4.78 is 19.2. The van der Waals surface area contributed by atoms with E-state index in [1.165, 1.54) is 0 Å². The molecule has 1 N–H and O–H groups in total. The van der Waals surface area contributed by atoms with E-state index in [-0.39, 0.29) is 11.5 Å². The van der Waals surface area contributed by atoms with Crippen molar-refractivity contribution in [2.75, 3.05) is 0 Å². The lowest BCUT2D eigenvalue weighted by molar-refractivity contribution is -0.0676. The lowest BCUT2D eigenvalue weighted by Crippen LogP contribution is -2.45. The first-order chi connectivity index (χ1) is 5.98. The molecule has 3 heteroatoms. The van der Waals surface area contributed by atoms with Crippen LogP contribution in [-0.2, 0) is 4.74 Å². The zero-order chi connectivity index (χ0) is 9.43. The van der Waals surface area contributed by atoms with Crippen LogP contribution in [0.3, 0.4) is 0 Å². The highest BCUT2D eigenvalue weighted by atomic mass is 19.1. The van der Waals surface area contributed by atoms with Gasteiger partial charge in [0.25, 0.3) is 0 Å². The third-order valence-electron chi connectivity index (χ3n) is 4.33. The van der Waals surface area contributed by atoms with E-state index in [1.807, 2.05) is 0 Å². The second-order valence-electron chi connectivity index (χ2n) is 5.23. The Bertz CT molecular complexity index is 270. The maximum absolute atomic E-state index is 13.6. The largest absolute Gasteiger partial charge is 0.384 e. The number of ether oxygens (including phenoxy) is 1. The number of alkyl halides is 1. The van der Waals surface area contributed by atoms with E-state index in [4.69, 9.17) is 4.74 Å². The summed E-state index contributed by atoms with van der Waals surface area (Å²) in [5.74, 6) is 0.494. The van der Waals surface area contributed by atoms with Crippen molar-refractivity contribution < 1.29 is 14.2 Å². The third-order valence-corrected chi connectivity index (χ3v) is 4.33. The van der Waals surface area contributed by atoms with Gasteiger partial charge in [0.05, 0.1) is 12.2 Å². The van der Waals surface area contributed by atoms with E-state index in [0.717, 1.165) is 6.42 Å². The van der Waals surface area contributed by atoms with E-state index in [2.05, 4.69) is 6.92 Å². The fourth-order valence-electron chi connectivity index (χ4n) is 3.39. The zero-order valence-corrected chi connectivity index (χ0v) is 7.96. The molecule has 0 bridgehead atoms. The van der Waals surface area contributed by atoms with Gasteiger partial charge in [0, 0.05) is 0 Å². The molecule has 6 atom stereocenters. The Labute approximate surface area is 77.1 Å². The first-order valence-electron chi connectivity index (χ1n) is 5.00. The van der Waals surface area contributed by atoms with Gasteiger partial charge in [-0.15, -0.1) is 0 Å². The topological polar surface area (TPSA) is 29.5 Å². The molecule has 13 heavy (non-hydrogen) atoms. The van der Waals surface area contributed by atoms with Crippen LogP contribution in [0.5, 0.6) is 0 Å². The Kier molecular flexibility index (Phi) is 1.22. The van der Waals surface area contributed by atoms with E-state index in [1.54, 1.807) is 6.92 Å². The normalized spacial score (nSPS) is 69.2. The fourth-order valence-corrected chi connectivity index (χ4v) is 3.39. The van der Waals surface area contributed by atoms with E-state index in [0.29, 0.717) is 12.3 Å². The maximum Gasteiger partial charge on any atom is 0.157 e. The van der Waals surface area contributed by atoms with Crippen molar-refractivity contribution in [3.05, 3.63) is 0 Å². The number of aliphatic hydroxyl groups is 1. The van der Waals surface area contributed by atoms with Crippen molar-refractivity contribution in [1.29, 1.82) is 0 Å². The van der Waals surface area contributed by atoms with Crippen LogP contribution in [0.1, 0.15) is 26.7 Å². The average Bonchev–Trinajstić information content (AvgIpc) is 2.56. The van der Waals surface area contributed by atoms with Crippen molar-refractivity contribution in [3.63, 3.8) is 0 Å². The number of hydrogen-bond acceptors (Lipinski definition) is 2. The van der Waals surface area contributed by atoms with Crippen molar-refractivity contribution in [3.8, 4) is 0 Å². The van der Waals surface area contributed by atoms with Crippen LogP contribution in [0.2, 0.25) is 0 Å². The maximum atomic E-state index is 13.6. The van der Waals surface area contributed by atoms with Gasteiger partial charge in [-0.3, -0.25) is 0 Å². The number of fused-ring (bicyclic) bond motifs is 3. The van der Waals surface area contributed by atoms with Gasteiger partial charge in [-0.05, 0) is 31.1 Å². The van der Waals surface area contributed by atoms with Gasteiger partial charge in [0.15, 0.2) is 6.17 Å². The van der Waals surface area contributed by atoms with E-state index >= 15 is 0 Å². The molecule has 74 valence electrons. The molecule has 0 aromatic heterocycles. The molecule has 3 rings (SSSR count). The summed E-state index contributed by atoms with van der Waals surface area (Å²) in [5, 5.41) is 10.1. The van der Waals surface area contributed by atoms with Crippen molar-refractivity contribution >= 4 is 0 Å². The third kappa shape index (κ3) is 0.724. The van der Waals surface area contributed by atoms with Crippen LogP contribution < -0.4 is 0 Å². The molecule has 2 nitrogen and oxygen atoms in total. The molecular weight excluding hydrogens is 171 g/mol. The molecule has 1 heterocycles. The minimum atomic E-state index is -1.19. The van der Waals surface area contributed by atoms with E-state index in [9.17, 15) is 9.50 Å². The molecule has 2 saturated carbocycles. The van der Waals surface area contributed by atoms with Crippen LogP contribution >= 0.6 is 0 Å². The number of halogens is 1. The quantitative estimate of drug-likeness (QED) is 0.617.